The fourth-order valence-electron chi connectivity index (χ4n) is 2.46. The van der Waals surface area contributed by atoms with Crippen LogP contribution in [0.4, 0.5) is 10.5 Å². The average Bonchev–Trinajstić information content (AvgIpc) is 3.05. The minimum absolute atomic E-state index is 0.186. The van der Waals surface area contributed by atoms with E-state index in [0.717, 1.165) is 16.5 Å². The van der Waals surface area contributed by atoms with E-state index in [4.69, 9.17) is 0 Å². The van der Waals surface area contributed by atoms with Crippen molar-refractivity contribution in [1.82, 2.24) is 9.71 Å². The van der Waals surface area contributed by atoms with Gasteiger partial charge in [-0.25, -0.2) is 22.9 Å². The summed E-state index contributed by atoms with van der Waals surface area (Å²) in [6.07, 6.45) is 2.93. The van der Waals surface area contributed by atoms with Crippen molar-refractivity contribution in [3.05, 3.63) is 51.3 Å². The van der Waals surface area contributed by atoms with Crippen LogP contribution in [0.2, 0.25) is 0 Å². The lowest BCUT2D eigenvalue weighted by Crippen LogP contribution is -2.33. The first-order valence-corrected chi connectivity index (χ1v) is 10.7. The Morgan fingerprint density at radius 1 is 1.15 bits per heavy atom. The first-order chi connectivity index (χ1) is 12.2. The number of benzene rings is 1. The summed E-state index contributed by atoms with van der Waals surface area (Å²) in [6.45, 7) is 8.10. The summed E-state index contributed by atoms with van der Waals surface area (Å²) < 4.78 is 26.2. The van der Waals surface area contributed by atoms with Gasteiger partial charge in [0, 0.05) is 17.3 Å². The smallest absolute Gasteiger partial charge is 0.307 e. The number of thiazole rings is 1. The topological polar surface area (TPSA) is 88.2 Å². The lowest BCUT2D eigenvalue weighted by molar-refractivity contribution is 0.256. The molecule has 0 saturated heterocycles. The first kappa shape index (κ1) is 20.1. The molecule has 0 atom stereocenters. The molecule has 0 spiro atoms. The molecule has 8 heteroatoms. The number of urea groups is 1. The fraction of sp³-hybridized carbons (Fsp3) is 0.333. The predicted octanol–water partition coefficient (Wildman–Crippen LogP) is 4.51. The van der Waals surface area contributed by atoms with Crippen LogP contribution in [0.15, 0.2) is 35.2 Å². The largest absolute Gasteiger partial charge is 0.333 e. The van der Waals surface area contributed by atoms with Gasteiger partial charge in [-0.15, -0.1) is 11.3 Å². The number of anilines is 1. The van der Waals surface area contributed by atoms with Crippen LogP contribution >= 0.6 is 11.3 Å². The number of nitrogens with one attached hydrogen (secondary N) is 2. The van der Waals surface area contributed by atoms with Crippen LogP contribution in [0.1, 0.15) is 55.7 Å². The molecule has 0 saturated carbocycles. The van der Waals surface area contributed by atoms with Gasteiger partial charge in [0.15, 0.2) is 0 Å². The van der Waals surface area contributed by atoms with Crippen molar-refractivity contribution in [2.45, 2.75) is 39.5 Å². The standard InChI is InChI=1S/C18H23N3O3S2/c1-12(2)14-6-5-7-15(13(3)4)17(14)20-18(22)21-26(23,24)11-8-16-19-9-10-25-16/h5-13H,1-4H3,(H2,20,21,22)/b11-8+. The number of aromatic nitrogens is 1. The molecule has 2 amide bonds. The van der Waals surface area contributed by atoms with E-state index in [9.17, 15) is 13.2 Å². The van der Waals surface area contributed by atoms with E-state index < -0.39 is 16.1 Å². The number of amides is 2. The van der Waals surface area contributed by atoms with Crippen molar-refractivity contribution in [3.8, 4) is 0 Å². The monoisotopic (exact) mass is 393 g/mol. The second-order valence-electron chi connectivity index (χ2n) is 6.40. The van der Waals surface area contributed by atoms with Gasteiger partial charge in [-0.3, -0.25) is 0 Å². The minimum atomic E-state index is -3.92. The highest BCUT2D eigenvalue weighted by molar-refractivity contribution is 7.93. The second kappa shape index (κ2) is 8.46. The number of rotatable bonds is 6. The molecular formula is C18H23N3O3S2. The van der Waals surface area contributed by atoms with Gasteiger partial charge >= 0.3 is 6.03 Å². The second-order valence-corrected chi connectivity index (χ2v) is 8.89. The highest BCUT2D eigenvalue weighted by Gasteiger charge is 2.18. The van der Waals surface area contributed by atoms with Crippen LogP contribution in [-0.4, -0.2) is 19.4 Å². The molecule has 6 nitrogen and oxygen atoms in total. The van der Waals surface area contributed by atoms with Gasteiger partial charge in [0.1, 0.15) is 5.01 Å². The molecule has 2 N–H and O–H groups in total. The third-order valence-electron chi connectivity index (χ3n) is 3.69. The van der Waals surface area contributed by atoms with E-state index in [2.05, 4.69) is 10.3 Å². The summed E-state index contributed by atoms with van der Waals surface area (Å²) in [6, 6.07) is 5.02. The molecule has 1 aromatic carbocycles. The number of sulfonamides is 1. The van der Waals surface area contributed by atoms with Crippen molar-refractivity contribution in [3.63, 3.8) is 0 Å². The van der Waals surface area contributed by atoms with Crippen LogP contribution in [-0.2, 0) is 10.0 Å². The zero-order valence-electron chi connectivity index (χ0n) is 15.2. The quantitative estimate of drug-likeness (QED) is 0.756. The molecule has 0 aliphatic rings. The molecule has 26 heavy (non-hydrogen) atoms. The number of carbonyl (C=O) groups excluding carboxylic acids is 1. The SMILES string of the molecule is CC(C)c1cccc(C(C)C)c1NC(=O)NS(=O)(=O)/C=C/c1nccs1. The summed E-state index contributed by atoms with van der Waals surface area (Å²) in [5.41, 5.74) is 2.58. The van der Waals surface area contributed by atoms with Crippen LogP contribution in [0.3, 0.4) is 0 Å². The van der Waals surface area contributed by atoms with E-state index in [1.165, 1.54) is 17.4 Å². The average molecular weight is 394 g/mol. The van der Waals surface area contributed by atoms with Crippen molar-refractivity contribution in [1.29, 1.82) is 0 Å². The molecule has 0 radical (unpaired) electrons. The Labute approximate surface area is 158 Å². The molecule has 0 aliphatic carbocycles. The van der Waals surface area contributed by atoms with Gasteiger partial charge in [-0.1, -0.05) is 45.9 Å². The van der Waals surface area contributed by atoms with Crippen LogP contribution in [0, 0.1) is 0 Å². The summed E-state index contributed by atoms with van der Waals surface area (Å²) >= 11 is 1.30. The summed E-state index contributed by atoms with van der Waals surface area (Å²) in [5.74, 6) is 0.371. The lowest BCUT2D eigenvalue weighted by Gasteiger charge is -2.20. The zero-order valence-corrected chi connectivity index (χ0v) is 16.8. The Hall–Kier alpha value is -2.19. The summed E-state index contributed by atoms with van der Waals surface area (Å²) in [7, 11) is -3.92. The van der Waals surface area contributed by atoms with Crippen LogP contribution in [0.5, 0.6) is 0 Å². The Balaban J connectivity index is 2.19. The molecule has 0 bridgehead atoms. The molecule has 0 fully saturated rings. The maximum atomic E-state index is 12.3. The minimum Gasteiger partial charge on any atom is -0.307 e. The number of nitrogens with zero attached hydrogens (tertiary/aromatic N) is 1. The molecule has 2 rings (SSSR count). The van der Waals surface area contributed by atoms with Gasteiger partial charge in [-0.2, -0.15) is 0 Å². The maximum Gasteiger partial charge on any atom is 0.333 e. The van der Waals surface area contributed by atoms with Gasteiger partial charge in [0.25, 0.3) is 10.0 Å². The number of hydrogen-bond donors (Lipinski definition) is 2. The predicted molar refractivity (Wildman–Crippen MR) is 107 cm³/mol. The highest BCUT2D eigenvalue weighted by Crippen LogP contribution is 2.32. The summed E-state index contributed by atoms with van der Waals surface area (Å²) in [4.78, 5) is 16.3. The van der Waals surface area contributed by atoms with Crippen LogP contribution < -0.4 is 10.0 Å². The highest BCUT2D eigenvalue weighted by atomic mass is 32.2. The molecule has 1 heterocycles. The molecular weight excluding hydrogens is 370 g/mol. The van der Waals surface area contributed by atoms with E-state index >= 15 is 0 Å². The van der Waals surface area contributed by atoms with E-state index in [1.807, 2.05) is 50.6 Å². The Morgan fingerprint density at radius 2 is 1.77 bits per heavy atom. The number of carbonyl (C=O) groups is 1. The Bertz CT molecular complexity index is 860. The van der Waals surface area contributed by atoms with E-state index in [-0.39, 0.29) is 11.8 Å². The van der Waals surface area contributed by atoms with E-state index in [1.54, 1.807) is 11.6 Å². The molecule has 0 aliphatic heterocycles. The third kappa shape index (κ3) is 5.40. The molecule has 2 aromatic rings. The Morgan fingerprint density at radius 3 is 2.27 bits per heavy atom. The summed E-state index contributed by atoms with van der Waals surface area (Å²) in [5, 5.41) is 5.93. The van der Waals surface area contributed by atoms with E-state index in [0.29, 0.717) is 10.7 Å². The maximum absolute atomic E-state index is 12.3. The Kier molecular flexibility index (Phi) is 6.55. The van der Waals surface area contributed by atoms with Crippen molar-refractivity contribution in [2.75, 3.05) is 5.32 Å². The third-order valence-corrected chi connectivity index (χ3v) is 5.39. The molecule has 0 unspecified atom stereocenters. The van der Waals surface area contributed by atoms with Crippen molar-refractivity contribution in [2.24, 2.45) is 0 Å². The first-order valence-electron chi connectivity index (χ1n) is 8.24. The van der Waals surface area contributed by atoms with Crippen molar-refractivity contribution < 1.29 is 13.2 Å². The van der Waals surface area contributed by atoms with Gasteiger partial charge in [0.2, 0.25) is 0 Å². The van der Waals surface area contributed by atoms with Crippen LogP contribution in [0.25, 0.3) is 6.08 Å². The number of para-hydroxylation sites is 1. The van der Waals surface area contributed by atoms with Gasteiger partial charge in [-0.05, 0) is 29.0 Å². The molecule has 1 aromatic heterocycles. The normalized spacial score (nSPS) is 12.1. The van der Waals surface area contributed by atoms with Crippen molar-refractivity contribution >= 4 is 39.2 Å². The number of hydrogen-bond acceptors (Lipinski definition) is 5. The lowest BCUT2D eigenvalue weighted by atomic mass is 9.93. The fourth-order valence-corrected chi connectivity index (χ4v) is 3.76. The zero-order chi connectivity index (χ0) is 19.3. The molecule has 140 valence electrons. The van der Waals surface area contributed by atoms with Gasteiger partial charge in [0.05, 0.1) is 5.41 Å². The van der Waals surface area contributed by atoms with Gasteiger partial charge < -0.3 is 5.32 Å².